The van der Waals surface area contributed by atoms with E-state index in [1.165, 1.54) is 17.7 Å². The van der Waals surface area contributed by atoms with Crippen LogP contribution in [0.25, 0.3) is 5.57 Å². The van der Waals surface area contributed by atoms with Crippen LogP contribution in [0, 0.1) is 5.82 Å². The van der Waals surface area contributed by atoms with E-state index in [0.29, 0.717) is 18.9 Å². The second kappa shape index (κ2) is 13.7. The molecule has 1 unspecified atom stereocenters. The molecule has 2 bridgehead atoms. The van der Waals surface area contributed by atoms with Gasteiger partial charge >= 0.3 is 0 Å². The number of carbonyl (C=O) groups is 1. The minimum Gasteiger partial charge on any atom is -0.497 e. The van der Waals surface area contributed by atoms with Gasteiger partial charge in [-0.3, -0.25) is 4.79 Å². The number of hydrogen-bond donors (Lipinski definition) is 2. The molecule has 2 heterocycles. The molecule has 0 aromatic heterocycles. The van der Waals surface area contributed by atoms with Crippen molar-refractivity contribution >= 4 is 27.4 Å². The maximum atomic E-state index is 14.5. The SMILES string of the molecule is COc1cc(CN(C(=O)C2=C(c3ccc(CCCOc4cc(F)ccc4Br)cc3)CC3CNC[C@H]2N3)C2CC2)cc(OC)c1. The Labute approximate surface area is 266 Å². The quantitative estimate of drug-likeness (QED) is 0.235. The summed E-state index contributed by atoms with van der Waals surface area (Å²) in [6, 6.07) is 19.4. The number of nitrogens with one attached hydrogen (secondary N) is 2. The minimum absolute atomic E-state index is 0.0370. The van der Waals surface area contributed by atoms with Crippen LogP contribution in [-0.4, -0.2) is 62.8 Å². The summed E-state index contributed by atoms with van der Waals surface area (Å²) in [6.07, 6.45) is 4.48. The van der Waals surface area contributed by atoms with E-state index in [2.05, 4.69) is 50.8 Å². The van der Waals surface area contributed by atoms with Crippen LogP contribution in [-0.2, 0) is 17.8 Å². The van der Waals surface area contributed by atoms with Gasteiger partial charge in [0.05, 0.1) is 31.3 Å². The molecule has 44 heavy (non-hydrogen) atoms. The van der Waals surface area contributed by atoms with Gasteiger partial charge in [-0.2, -0.15) is 0 Å². The number of rotatable bonds is 12. The maximum absolute atomic E-state index is 14.5. The highest BCUT2D eigenvalue weighted by molar-refractivity contribution is 9.10. The molecule has 3 aliphatic rings. The third-order valence-electron chi connectivity index (χ3n) is 8.61. The third kappa shape index (κ3) is 7.11. The van der Waals surface area contributed by atoms with Gasteiger partial charge in [-0.25, -0.2) is 4.39 Å². The highest BCUT2D eigenvalue weighted by atomic mass is 79.9. The Morgan fingerprint density at radius 1 is 0.977 bits per heavy atom. The lowest BCUT2D eigenvalue weighted by Crippen LogP contribution is -2.59. The average molecular weight is 665 g/mol. The Balaban J connectivity index is 1.20. The molecule has 7 nitrogen and oxygen atoms in total. The summed E-state index contributed by atoms with van der Waals surface area (Å²) in [5, 5.41) is 7.24. The van der Waals surface area contributed by atoms with Crippen LogP contribution in [0.1, 0.15) is 42.4 Å². The summed E-state index contributed by atoms with van der Waals surface area (Å²) < 4.78 is 31.1. The van der Waals surface area contributed by atoms with Gasteiger partial charge in [0, 0.05) is 49.4 Å². The zero-order chi connectivity index (χ0) is 30.6. The molecule has 2 aliphatic heterocycles. The molecule has 1 amide bonds. The molecule has 2 atom stereocenters. The summed E-state index contributed by atoms with van der Waals surface area (Å²) in [5.74, 6) is 1.74. The van der Waals surface area contributed by atoms with Gasteiger partial charge in [0.15, 0.2) is 0 Å². The molecule has 3 aromatic rings. The molecule has 0 radical (unpaired) electrons. The number of fused-ring (bicyclic) bond motifs is 2. The Morgan fingerprint density at radius 3 is 2.43 bits per heavy atom. The van der Waals surface area contributed by atoms with Crippen LogP contribution < -0.4 is 24.8 Å². The van der Waals surface area contributed by atoms with E-state index >= 15 is 0 Å². The fourth-order valence-electron chi connectivity index (χ4n) is 6.22. The zero-order valence-corrected chi connectivity index (χ0v) is 26.8. The molecule has 0 spiro atoms. The fraction of sp³-hybridized carbons (Fsp3) is 0.400. The van der Waals surface area contributed by atoms with Crippen molar-refractivity contribution in [2.45, 2.75) is 56.8 Å². The standard InChI is InChI=1S/C35H39BrFN3O4/c1-42-28-14-23(15-29(18-28)43-2)21-40(27-10-11-27)35(41)34-30(17-26-19-38-20-32(34)39-26)24-7-5-22(6-8-24)4-3-13-44-33-16-25(37)9-12-31(33)36/h5-9,12,14-16,18,26-27,32,38-39H,3-4,10-11,13,17,19-21H2,1-2H3/t26?,32-/m1/s1. The summed E-state index contributed by atoms with van der Waals surface area (Å²) >= 11 is 3.41. The second-order valence-corrected chi connectivity index (χ2v) is 12.6. The number of hydrogen-bond acceptors (Lipinski definition) is 6. The number of ether oxygens (including phenoxy) is 3. The first-order valence-electron chi connectivity index (χ1n) is 15.3. The lowest BCUT2D eigenvalue weighted by molar-refractivity contribution is -0.128. The predicted molar refractivity (Wildman–Crippen MR) is 173 cm³/mol. The predicted octanol–water partition coefficient (Wildman–Crippen LogP) is 5.90. The van der Waals surface area contributed by atoms with Crippen LogP contribution in [0.4, 0.5) is 4.39 Å². The number of piperazine rings is 1. The number of benzene rings is 3. The molecular weight excluding hydrogens is 625 g/mol. The highest BCUT2D eigenvalue weighted by Gasteiger charge is 2.41. The Kier molecular flexibility index (Phi) is 9.54. The van der Waals surface area contributed by atoms with Crippen LogP contribution in [0.2, 0.25) is 0 Å². The van der Waals surface area contributed by atoms with Crippen molar-refractivity contribution in [3.05, 3.63) is 93.2 Å². The van der Waals surface area contributed by atoms with Gasteiger partial charge in [-0.1, -0.05) is 24.3 Å². The molecule has 2 N–H and O–H groups in total. The first-order valence-corrected chi connectivity index (χ1v) is 16.1. The van der Waals surface area contributed by atoms with Crippen LogP contribution in [0.15, 0.2) is 70.7 Å². The highest BCUT2D eigenvalue weighted by Crippen LogP contribution is 2.37. The number of nitrogens with zero attached hydrogens (tertiary/aromatic N) is 1. The number of carbonyl (C=O) groups excluding carboxylic acids is 1. The molecule has 1 aliphatic carbocycles. The fourth-order valence-corrected chi connectivity index (χ4v) is 6.58. The Bertz CT molecular complexity index is 1500. The van der Waals surface area contributed by atoms with E-state index in [9.17, 15) is 9.18 Å². The minimum atomic E-state index is -0.315. The van der Waals surface area contributed by atoms with E-state index in [4.69, 9.17) is 14.2 Å². The van der Waals surface area contributed by atoms with E-state index in [0.717, 1.165) is 83.4 Å². The molecule has 1 saturated carbocycles. The molecule has 3 aromatic carbocycles. The van der Waals surface area contributed by atoms with Gasteiger partial charge < -0.3 is 29.7 Å². The first-order chi connectivity index (χ1) is 21.4. The molecule has 232 valence electrons. The number of aryl methyl sites for hydroxylation is 1. The van der Waals surface area contributed by atoms with E-state index < -0.39 is 0 Å². The van der Waals surface area contributed by atoms with Crippen molar-refractivity contribution in [2.75, 3.05) is 33.9 Å². The molecule has 2 fully saturated rings. The third-order valence-corrected chi connectivity index (χ3v) is 9.26. The summed E-state index contributed by atoms with van der Waals surface area (Å²) in [4.78, 5) is 16.5. The molecule has 6 rings (SSSR count). The van der Waals surface area contributed by atoms with Crippen LogP contribution >= 0.6 is 15.9 Å². The largest absolute Gasteiger partial charge is 0.497 e. The van der Waals surface area contributed by atoms with E-state index in [-0.39, 0.29) is 29.8 Å². The Morgan fingerprint density at radius 2 is 1.73 bits per heavy atom. The Hall–Kier alpha value is -3.40. The number of methoxy groups -OCH3 is 2. The monoisotopic (exact) mass is 663 g/mol. The van der Waals surface area contributed by atoms with Crippen LogP contribution in [0.5, 0.6) is 17.2 Å². The lowest BCUT2D eigenvalue weighted by Gasteiger charge is -2.41. The van der Waals surface area contributed by atoms with Gasteiger partial charge in [-0.15, -0.1) is 0 Å². The smallest absolute Gasteiger partial charge is 0.252 e. The molecule has 9 heteroatoms. The van der Waals surface area contributed by atoms with Crippen molar-refractivity contribution in [2.24, 2.45) is 0 Å². The van der Waals surface area contributed by atoms with Gasteiger partial charge in [0.2, 0.25) is 0 Å². The summed E-state index contributed by atoms with van der Waals surface area (Å²) in [7, 11) is 3.29. The van der Waals surface area contributed by atoms with Gasteiger partial charge in [-0.05, 0) is 94.6 Å². The molecular formula is C35H39BrFN3O4. The van der Waals surface area contributed by atoms with Crippen LogP contribution in [0.3, 0.4) is 0 Å². The second-order valence-electron chi connectivity index (χ2n) is 11.8. The van der Waals surface area contributed by atoms with Gasteiger partial charge in [0.25, 0.3) is 5.91 Å². The number of halogens is 2. The van der Waals surface area contributed by atoms with E-state index in [1.807, 2.05) is 23.1 Å². The normalized spacial score (nSPS) is 19.5. The molecule has 1 saturated heterocycles. The van der Waals surface area contributed by atoms with Crippen molar-refractivity contribution in [1.29, 1.82) is 0 Å². The van der Waals surface area contributed by atoms with E-state index in [1.54, 1.807) is 20.3 Å². The van der Waals surface area contributed by atoms with Crippen molar-refractivity contribution in [1.82, 2.24) is 15.5 Å². The van der Waals surface area contributed by atoms with Crippen molar-refractivity contribution in [3.63, 3.8) is 0 Å². The summed E-state index contributed by atoms with van der Waals surface area (Å²) in [6.45, 7) is 2.61. The van der Waals surface area contributed by atoms with Crippen molar-refractivity contribution < 1.29 is 23.4 Å². The average Bonchev–Trinajstić information content (AvgIpc) is 3.89. The number of amides is 1. The topological polar surface area (TPSA) is 72.1 Å². The van der Waals surface area contributed by atoms with Crippen molar-refractivity contribution in [3.8, 4) is 17.2 Å². The lowest BCUT2D eigenvalue weighted by atomic mass is 9.83. The first kappa shape index (κ1) is 30.6. The maximum Gasteiger partial charge on any atom is 0.252 e. The van der Waals surface area contributed by atoms with Gasteiger partial charge in [0.1, 0.15) is 23.1 Å². The summed E-state index contributed by atoms with van der Waals surface area (Å²) in [5.41, 5.74) is 5.31. The zero-order valence-electron chi connectivity index (χ0n) is 25.2.